The van der Waals surface area contributed by atoms with Gasteiger partial charge in [0, 0.05) is 5.41 Å². The molecule has 0 nitrogen and oxygen atoms in total. The first-order chi connectivity index (χ1) is 24.1. The summed E-state index contributed by atoms with van der Waals surface area (Å²) in [4.78, 5) is 0. The number of benzene rings is 9. The van der Waals surface area contributed by atoms with Gasteiger partial charge in [-0.3, -0.25) is 0 Å². The summed E-state index contributed by atoms with van der Waals surface area (Å²) in [6.07, 6.45) is 0. The first-order valence-corrected chi connectivity index (χ1v) is 17.3. The Kier molecular flexibility index (Phi) is 6.02. The van der Waals surface area contributed by atoms with Gasteiger partial charge in [0.2, 0.25) is 0 Å². The SMILES string of the molecule is CC1(C)c2cc(-c3cccc(-c4c5ccccc5c(-c5ccccc5)c5ccc6ccccc6c45)c3)ccc2-c2cc3ccccc3cc21. The molecule has 0 saturated heterocycles. The molecule has 49 heavy (non-hydrogen) atoms. The zero-order chi connectivity index (χ0) is 32.7. The molecule has 9 aromatic carbocycles. The van der Waals surface area contributed by atoms with Crippen LogP contribution in [0, 0.1) is 0 Å². The third-order valence-electron chi connectivity index (χ3n) is 11.0. The van der Waals surface area contributed by atoms with E-state index in [1.165, 1.54) is 98.7 Å². The summed E-state index contributed by atoms with van der Waals surface area (Å²) in [6.45, 7) is 4.76. The number of hydrogen-bond donors (Lipinski definition) is 0. The van der Waals surface area contributed by atoms with E-state index in [1.807, 2.05) is 0 Å². The van der Waals surface area contributed by atoms with Crippen molar-refractivity contribution in [2.45, 2.75) is 19.3 Å². The molecule has 0 heterocycles. The van der Waals surface area contributed by atoms with Crippen LogP contribution >= 0.6 is 0 Å². The molecule has 0 atom stereocenters. The summed E-state index contributed by atoms with van der Waals surface area (Å²) < 4.78 is 0. The highest BCUT2D eigenvalue weighted by molar-refractivity contribution is 6.28. The Morgan fingerprint density at radius 2 is 0.918 bits per heavy atom. The standard InChI is InChI=1S/C49H34/c1-49(2)44-30-36(24-25-39(44)43-28-34-16-6-7-17-35(34)29-45(43)49)33-18-12-19-37(27-33)47-41-22-11-10-21-40(41)46(32-14-4-3-5-15-32)42-26-23-31-13-8-9-20-38(31)48(42)47/h3-30H,1-2H3. The van der Waals surface area contributed by atoms with Gasteiger partial charge in [-0.15, -0.1) is 0 Å². The average molecular weight is 623 g/mol. The van der Waals surface area contributed by atoms with Crippen molar-refractivity contribution in [2.75, 3.05) is 0 Å². The van der Waals surface area contributed by atoms with Crippen molar-refractivity contribution < 1.29 is 0 Å². The maximum atomic E-state index is 2.45. The van der Waals surface area contributed by atoms with Gasteiger partial charge in [-0.1, -0.05) is 159 Å². The zero-order valence-electron chi connectivity index (χ0n) is 27.7. The van der Waals surface area contributed by atoms with E-state index in [-0.39, 0.29) is 5.41 Å². The van der Waals surface area contributed by atoms with E-state index in [0.29, 0.717) is 0 Å². The molecule has 230 valence electrons. The lowest BCUT2D eigenvalue weighted by Crippen LogP contribution is -2.15. The van der Waals surface area contributed by atoms with Gasteiger partial charge in [-0.2, -0.15) is 0 Å². The van der Waals surface area contributed by atoms with Crippen molar-refractivity contribution in [3.63, 3.8) is 0 Å². The van der Waals surface area contributed by atoms with Crippen LogP contribution < -0.4 is 0 Å². The molecule has 0 N–H and O–H groups in total. The Hall–Kier alpha value is -5.98. The highest BCUT2D eigenvalue weighted by Crippen LogP contribution is 2.51. The molecule has 0 spiro atoms. The molecule has 0 aromatic heterocycles. The van der Waals surface area contributed by atoms with Crippen molar-refractivity contribution in [1.82, 2.24) is 0 Å². The zero-order valence-corrected chi connectivity index (χ0v) is 27.7. The van der Waals surface area contributed by atoms with Crippen LogP contribution in [0.2, 0.25) is 0 Å². The molecule has 9 aromatic rings. The Morgan fingerprint density at radius 3 is 1.71 bits per heavy atom. The lowest BCUT2D eigenvalue weighted by molar-refractivity contribution is 0.661. The summed E-state index contributed by atoms with van der Waals surface area (Å²) in [5.41, 5.74) is 13.0. The minimum absolute atomic E-state index is 0.0824. The summed E-state index contributed by atoms with van der Waals surface area (Å²) >= 11 is 0. The Morgan fingerprint density at radius 1 is 0.327 bits per heavy atom. The monoisotopic (exact) mass is 622 g/mol. The summed E-state index contributed by atoms with van der Waals surface area (Å²) in [6, 6.07) is 63.2. The predicted molar refractivity (Wildman–Crippen MR) is 210 cm³/mol. The minimum Gasteiger partial charge on any atom is -0.0622 e. The van der Waals surface area contributed by atoms with Crippen LogP contribution in [0.5, 0.6) is 0 Å². The highest BCUT2D eigenvalue weighted by Gasteiger charge is 2.36. The molecule has 0 bridgehead atoms. The van der Waals surface area contributed by atoms with Crippen LogP contribution in [0.15, 0.2) is 170 Å². The van der Waals surface area contributed by atoms with Gasteiger partial charge in [0.1, 0.15) is 0 Å². The molecule has 0 aliphatic heterocycles. The van der Waals surface area contributed by atoms with E-state index >= 15 is 0 Å². The smallest absolute Gasteiger partial charge is 0.0159 e. The van der Waals surface area contributed by atoms with Crippen molar-refractivity contribution in [3.8, 4) is 44.5 Å². The fourth-order valence-corrected chi connectivity index (χ4v) is 8.62. The first-order valence-electron chi connectivity index (χ1n) is 17.3. The molecule has 0 amide bonds. The van der Waals surface area contributed by atoms with Gasteiger partial charge >= 0.3 is 0 Å². The third kappa shape index (κ3) is 4.17. The summed E-state index contributed by atoms with van der Waals surface area (Å²) in [5, 5.41) is 10.3. The van der Waals surface area contributed by atoms with E-state index in [2.05, 4.69) is 184 Å². The van der Waals surface area contributed by atoms with E-state index in [9.17, 15) is 0 Å². The fraction of sp³-hybridized carbons (Fsp3) is 0.0612. The molecule has 1 aliphatic rings. The van der Waals surface area contributed by atoms with Crippen molar-refractivity contribution in [3.05, 3.63) is 181 Å². The van der Waals surface area contributed by atoms with Gasteiger partial charge in [-0.05, 0) is 123 Å². The molecular formula is C49H34. The maximum Gasteiger partial charge on any atom is 0.0159 e. The summed E-state index contributed by atoms with van der Waals surface area (Å²) in [5.74, 6) is 0. The molecule has 0 unspecified atom stereocenters. The van der Waals surface area contributed by atoms with E-state index < -0.39 is 0 Å². The number of fused-ring (bicyclic) bond motifs is 8. The molecular weight excluding hydrogens is 589 g/mol. The molecule has 0 saturated carbocycles. The number of hydrogen-bond acceptors (Lipinski definition) is 0. The lowest BCUT2D eigenvalue weighted by Gasteiger charge is -2.22. The van der Waals surface area contributed by atoms with Crippen LogP contribution in [-0.4, -0.2) is 0 Å². The van der Waals surface area contributed by atoms with Gasteiger partial charge in [0.25, 0.3) is 0 Å². The second kappa shape index (κ2) is 10.5. The quantitative estimate of drug-likeness (QED) is 0.136. The molecule has 1 aliphatic carbocycles. The molecule has 0 radical (unpaired) electrons. The predicted octanol–water partition coefficient (Wildman–Crippen LogP) is 13.6. The average Bonchev–Trinajstić information content (AvgIpc) is 3.37. The normalized spacial score (nSPS) is 13.3. The van der Waals surface area contributed by atoms with Gasteiger partial charge < -0.3 is 0 Å². The minimum atomic E-state index is -0.0824. The third-order valence-corrected chi connectivity index (χ3v) is 11.0. The van der Waals surface area contributed by atoms with Gasteiger partial charge in [-0.25, -0.2) is 0 Å². The lowest BCUT2D eigenvalue weighted by atomic mass is 9.81. The van der Waals surface area contributed by atoms with Crippen LogP contribution in [0.1, 0.15) is 25.0 Å². The van der Waals surface area contributed by atoms with E-state index in [0.717, 1.165) is 0 Å². The van der Waals surface area contributed by atoms with Crippen LogP contribution in [0.25, 0.3) is 87.6 Å². The fourth-order valence-electron chi connectivity index (χ4n) is 8.62. The Labute approximate surface area is 286 Å². The van der Waals surface area contributed by atoms with Crippen LogP contribution in [-0.2, 0) is 5.41 Å². The first kappa shape index (κ1) is 28.1. The van der Waals surface area contributed by atoms with Crippen LogP contribution in [0.4, 0.5) is 0 Å². The van der Waals surface area contributed by atoms with Crippen molar-refractivity contribution >= 4 is 43.1 Å². The van der Waals surface area contributed by atoms with Gasteiger partial charge in [0.15, 0.2) is 0 Å². The van der Waals surface area contributed by atoms with Crippen molar-refractivity contribution in [1.29, 1.82) is 0 Å². The molecule has 0 heteroatoms. The van der Waals surface area contributed by atoms with E-state index in [1.54, 1.807) is 0 Å². The highest BCUT2D eigenvalue weighted by atomic mass is 14.4. The summed E-state index contributed by atoms with van der Waals surface area (Å²) in [7, 11) is 0. The number of rotatable bonds is 3. The molecule has 0 fully saturated rings. The Bertz CT molecular complexity index is 2780. The topological polar surface area (TPSA) is 0 Å². The van der Waals surface area contributed by atoms with E-state index in [4.69, 9.17) is 0 Å². The van der Waals surface area contributed by atoms with Crippen molar-refractivity contribution in [2.24, 2.45) is 0 Å². The van der Waals surface area contributed by atoms with Crippen LogP contribution in [0.3, 0.4) is 0 Å². The second-order valence-corrected chi connectivity index (χ2v) is 14.1. The second-order valence-electron chi connectivity index (χ2n) is 14.1. The maximum absolute atomic E-state index is 2.45. The Balaban J connectivity index is 1.21. The van der Waals surface area contributed by atoms with Gasteiger partial charge in [0.05, 0.1) is 0 Å². The largest absolute Gasteiger partial charge is 0.0622 e. The molecule has 10 rings (SSSR count).